The average Bonchev–Trinajstić information content (AvgIpc) is 3.07. The lowest BCUT2D eigenvalue weighted by atomic mass is 9.92. The average molecular weight is 452 g/mol. The molecule has 0 atom stereocenters. The zero-order valence-electron chi connectivity index (χ0n) is 18.1. The third-order valence-electron chi connectivity index (χ3n) is 5.75. The van der Waals surface area contributed by atoms with Crippen LogP contribution in [0.25, 0.3) is 22.2 Å². The van der Waals surface area contributed by atoms with E-state index in [-0.39, 0.29) is 6.61 Å². The largest absolute Gasteiger partial charge is 0.494 e. The normalized spacial score (nSPS) is 13.4. The van der Waals surface area contributed by atoms with Crippen molar-refractivity contribution in [1.82, 2.24) is 4.57 Å². The first-order valence-corrected chi connectivity index (χ1v) is 11.5. The number of aromatic nitrogens is 1. The highest BCUT2D eigenvalue weighted by molar-refractivity contribution is 6.17. The second-order valence-electron chi connectivity index (χ2n) is 7.78. The van der Waals surface area contributed by atoms with Crippen molar-refractivity contribution >= 4 is 34.3 Å². The summed E-state index contributed by atoms with van der Waals surface area (Å²) >= 11 is 5.61. The van der Waals surface area contributed by atoms with Crippen LogP contribution >= 0.6 is 11.6 Å². The summed E-state index contributed by atoms with van der Waals surface area (Å²) < 4.78 is 13.1. The van der Waals surface area contributed by atoms with Crippen molar-refractivity contribution in [2.45, 2.75) is 38.6 Å². The van der Waals surface area contributed by atoms with E-state index in [0.29, 0.717) is 36.2 Å². The predicted molar refractivity (Wildman–Crippen MR) is 126 cm³/mol. The molecule has 1 aliphatic carbocycles. The lowest BCUT2D eigenvalue weighted by Gasteiger charge is -2.30. The van der Waals surface area contributed by atoms with Crippen LogP contribution in [-0.4, -0.2) is 29.8 Å². The summed E-state index contributed by atoms with van der Waals surface area (Å²) in [6.07, 6.45) is 3.47. The first-order valence-electron chi connectivity index (χ1n) is 11.0. The molecule has 0 aliphatic heterocycles. The third kappa shape index (κ3) is 4.39. The number of nitriles is 1. The van der Waals surface area contributed by atoms with Gasteiger partial charge in [0.05, 0.1) is 30.0 Å². The van der Waals surface area contributed by atoms with Crippen molar-refractivity contribution in [1.29, 1.82) is 5.26 Å². The lowest BCUT2D eigenvalue weighted by Crippen LogP contribution is -2.18. The van der Waals surface area contributed by atoms with Crippen LogP contribution in [0.4, 0.5) is 10.5 Å². The number of alkyl halides is 1. The Balaban J connectivity index is 1.70. The molecular formula is C25H26ClN3O3. The number of carbonyl (C=O) groups excluding carboxylic acids is 1. The molecule has 1 N–H and O–H groups in total. The van der Waals surface area contributed by atoms with Gasteiger partial charge in [-0.05, 0) is 62.4 Å². The number of rotatable bonds is 8. The summed E-state index contributed by atoms with van der Waals surface area (Å²) in [6.45, 7) is 2.84. The highest BCUT2D eigenvalue weighted by atomic mass is 35.5. The minimum Gasteiger partial charge on any atom is -0.494 e. The number of ether oxygens (including phenoxy) is 2. The van der Waals surface area contributed by atoms with Crippen molar-refractivity contribution in [2.75, 3.05) is 24.4 Å². The van der Waals surface area contributed by atoms with Crippen LogP contribution < -0.4 is 10.1 Å². The van der Waals surface area contributed by atoms with Crippen molar-refractivity contribution < 1.29 is 14.3 Å². The SMILES string of the molecule is CCOc1ccc2c(C#N)c(-c3ccc(NC(=O)OCCCCl)cc3)n(C3CCC3)c2c1. The number of amides is 1. The molecule has 1 saturated carbocycles. The standard InChI is InChI=1S/C25H26ClN3O3/c1-2-31-20-11-12-21-22(16-27)24(29(23(21)15-20)19-5-3-6-19)17-7-9-18(10-8-17)28-25(30)32-14-4-13-26/h7-12,15,19H,2-6,13-14H2,1H3,(H,28,30). The molecule has 166 valence electrons. The van der Waals surface area contributed by atoms with Gasteiger partial charge in [-0.1, -0.05) is 12.1 Å². The molecule has 6 nitrogen and oxygen atoms in total. The van der Waals surface area contributed by atoms with Gasteiger partial charge < -0.3 is 14.0 Å². The molecule has 1 aromatic heterocycles. The second-order valence-corrected chi connectivity index (χ2v) is 8.16. The molecule has 0 spiro atoms. The minimum absolute atomic E-state index is 0.282. The van der Waals surface area contributed by atoms with E-state index in [4.69, 9.17) is 21.1 Å². The highest BCUT2D eigenvalue weighted by Crippen LogP contribution is 2.43. The van der Waals surface area contributed by atoms with E-state index >= 15 is 0 Å². The van der Waals surface area contributed by atoms with Gasteiger partial charge in [0.25, 0.3) is 0 Å². The molecule has 4 rings (SSSR count). The molecule has 2 aromatic carbocycles. The fourth-order valence-electron chi connectivity index (χ4n) is 4.05. The van der Waals surface area contributed by atoms with Crippen LogP contribution in [0.2, 0.25) is 0 Å². The third-order valence-corrected chi connectivity index (χ3v) is 6.02. The molecule has 32 heavy (non-hydrogen) atoms. The van der Waals surface area contributed by atoms with Gasteiger partial charge in [0, 0.05) is 29.1 Å². The van der Waals surface area contributed by atoms with Crippen LogP contribution in [0.15, 0.2) is 42.5 Å². The van der Waals surface area contributed by atoms with Crippen LogP contribution in [0.5, 0.6) is 5.75 Å². The van der Waals surface area contributed by atoms with Crippen LogP contribution in [-0.2, 0) is 4.74 Å². The molecule has 1 fully saturated rings. The maximum Gasteiger partial charge on any atom is 0.411 e. The molecule has 3 aromatic rings. The summed E-state index contributed by atoms with van der Waals surface area (Å²) in [5.74, 6) is 1.26. The Hall–Kier alpha value is -3.17. The van der Waals surface area contributed by atoms with Crippen molar-refractivity contribution in [2.24, 2.45) is 0 Å². The molecule has 1 amide bonds. The number of halogens is 1. The zero-order valence-corrected chi connectivity index (χ0v) is 18.8. The molecular weight excluding hydrogens is 426 g/mol. The van der Waals surface area contributed by atoms with E-state index in [1.165, 1.54) is 6.42 Å². The number of fused-ring (bicyclic) bond motifs is 1. The Morgan fingerprint density at radius 2 is 2.03 bits per heavy atom. The predicted octanol–water partition coefficient (Wildman–Crippen LogP) is 6.48. The van der Waals surface area contributed by atoms with Gasteiger partial charge in [-0.2, -0.15) is 5.26 Å². The number of nitrogens with one attached hydrogen (secondary N) is 1. The van der Waals surface area contributed by atoms with Gasteiger partial charge in [0.1, 0.15) is 11.8 Å². The van der Waals surface area contributed by atoms with E-state index in [9.17, 15) is 10.1 Å². The van der Waals surface area contributed by atoms with Gasteiger partial charge in [-0.25, -0.2) is 4.79 Å². The van der Waals surface area contributed by atoms with Crippen molar-refractivity contribution in [3.8, 4) is 23.1 Å². The molecule has 1 aliphatic rings. The van der Waals surface area contributed by atoms with Gasteiger partial charge in [-0.15, -0.1) is 11.6 Å². The van der Waals surface area contributed by atoms with Crippen LogP contribution in [0.1, 0.15) is 44.2 Å². The lowest BCUT2D eigenvalue weighted by molar-refractivity contribution is 0.162. The van der Waals surface area contributed by atoms with Crippen molar-refractivity contribution in [3.63, 3.8) is 0 Å². The summed E-state index contributed by atoms with van der Waals surface area (Å²) in [5.41, 5.74) is 4.17. The number of hydrogen-bond acceptors (Lipinski definition) is 4. The molecule has 0 saturated heterocycles. The topological polar surface area (TPSA) is 76.3 Å². The Morgan fingerprint density at radius 3 is 2.66 bits per heavy atom. The van der Waals surface area contributed by atoms with Gasteiger partial charge in [-0.3, -0.25) is 5.32 Å². The maximum atomic E-state index is 11.9. The molecule has 7 heteroatoms. The minimum atomic E-state index is -0.507. The zero-order chi connectivity index (χ0) is 22.5. The van der Waals surface area contributed by atoms with E-state index in [1.807, 2.05) is 49.4 Å². The Kier molecular flexibility index (Phi) is 6.87. The Labute approximate surface area is 192 Å². The number of anilines is 1. The first kappa shape index (κ1) is 22.0. The Bertz CT molecular complexity index is 1140. The maximum absolute atomic E-state index is 11.9. The number of nitrogens with zero attached hydrogens (tertiary/aromatic N) is 2. The van der Waals surface area contributed by atoms with Crippen molar-refractivity contribution in [3.05, 3.63) is 48.0 Å². The molecule has 0 radical (unpaired) electrons. The second kappa shape index (κ2) is 9.97. The van der Waals surface area contributed by atoms with Gasteiger partial charge in [0.15, 0.2) is 0 Å². The highest BCUT2D eigenvalue weighted by Gasteiger charge is 2.28. The van der Waals surface area contributed by atoms with E-state index in [1.54, 1.807) is 0 Å². The number of carbonyl (C=O) groups is 1. The number of benzene rings is 2. The molecule has 0 unspecified atom stereocenters. The Morgan fingerprint density at radius 1 is 1.25 bits per heavy atom. The van der Waals surface area contributed by atoms with Gasteiger partial charge in [0.2, 0.25) is 0 Å². The summed E-state index contributed by atoms with van der Waals surface area (Å²) in [4.78, 5) is 11.9. The summed E-state index contributed by atoms with van der Waals surface area (Å²) in [7, 11) is 0. The van der Waals surface area contributed by atoms with Crippen LogP contribution in [0.3, 0.4) is 0 Å². The monoisotopic (exact) mass is 451 g/mol. The van der Waals surface area contributed by atoms with E-state index in [2.05, 4.69) is 16.0 Å². The fourth-order valence-corrected chi connectivity index (χ4v) is 4.16. The van der Waals surface area contributed by atoms with Crippen LogP contribution in [0, 0.1) is 11.3 Å². The fraction of sp³-hybridized carbons (Fsp3) is 0.360. The first-order chi connectivity index (χ1) is 15.7. The van der Waals surface area contributed by atoms with E-state index in [0.717, 1.165) is 40.8 Å². The number of hydrogen-bond donors (Lipinski definition) is 1. The van der Waals surface area contributed by atoms with Gasteiger partial charge >= 0.3 is 6.09 Å². The quantitative estimate of drug-likeness (QED) is 0.314. The molecule has 0 bridgehead atoms. The summed E-state index contributed by atoms with van der Waals surface area (Å²) in [5, 5.41) is 13.7. The van der Waals surface area contributed by atoms with E-state index < -0.39 is 6.09 Å². The smallest absolute Gasteiger partial charge is 0.411 e. The summed E-state index contributed by atoms with van der Waals surface area (Å²) in [6, 6.07) is 16.2. The molecule has 1 heterocycles.